The van der Waals surface area contributed by atoms with Crippen LogP contribution in [0.1, 0.15) is 12.8 Å². The second-order valence-electron chi connectivity index (χ2n) is 4.31. The molecule has 8 heteroatoms. The van der Waals surface area contributed by atoms with Crippen molar-refractivity contribution >= 4 is 21.7 Å². The average molecular weight is 316 g/mol. The number of carbonyl (C=O) groups excluding carboxylic acids is 1. The summed E-state index contributed by atoms with van der Waals surface area (Å²) in [5, 5.41) is 0. The number of nitrogen functional groups attached to an aromatic ring is 1. The van der Waals surface area contributed by atoms with Crippen molar-refractivity contribution in [3.63, 3.8) is 0 Å². The van der Waals surface area contributed by atoms with Crippen LogP contribution in [0.2, 0.25) is 0 Å². The van der Waals surface area contributed by atoms with E-state index >= 15 is 0 Å². The van der Waals surface area contributed by atoms with Gasteiger partial charge in [-0.05, 0) is 30.7 Å². The fraction of sp³-hybridized carbons (Fsp3) is 0.462. The van der Waals surface area contributed by atoms with Gasteiger partial charge in [-0.15, -0.1) is 0 Å². The van der Waals surface area contributed by atoms with E-state index in [1.807, 2.05) is 0 Å². The van der Waals surface area contributed by atoms with Crippen molar-refractivity contribution in [3.8, 4) is 5.75 Å². The lowest BCUT2D eigenvalue weighted by molar-refractivity contribution is -0.140. The first-order valence-electron chi connectivity index (χ1n) is 6.45. The van der Waals surface area contributed by atoms with Crippen LogP contribution in [0.3, 0.4) is 0 Å². The molecule has 0 atom stereocenters. The molecule has 0 fully saturated rings. The number of hydrogen-bond acceptors (Lipinski definition) is 6. The van der Waals surface area contributed by atoms with Crippen LogP contribution in [-0.2, 0) is 19.6 Å². The summed E-state index contributed by atoms with van der Waals surface area (Å²) >= 11 is 0. The highest BCUT2D eigenvalue weighted by Gasteiger charge is 2.11. The topological polar surface area (TPSA) is 108 Å². The van der Waals surface area contributed by atoms with Crippen LogP contribution < -0.4 is 15.2 Å². The lowest BCUT2D eigenvalue weighted by Crippen LogP contribution is -2.30. The lowest BCUT2D eigenvalue weighted by Gasteiger charge is -2.08. The molecule has 0 aromatic heterocycles. The number of sulfonamides is 1. The van der Waals surface area contributed by atoms with Gasteiger partial charge >= 0.3 is 5.97 Å². The number of rotatable bonds is 9. The second kappa shape index (κ2) is 8.48. The zero-order valence-corrected chi connectivity index (χ0v) is 12.7. The standard InChI is InChI=1S/C13H20N2O5S/c1-19-13(16)3-2-10-21(17,18)15-8-9-20-12-6-4-11(14)5-7-12/h4-7,15H,2-3,8-10,14H2,1H3. The first-order chi connectivity index (χ1) is 9.93. The molecule has 1 aromatic rings. The van der Waals surface area contributed by atoms with Crippen molar-refractivity contribution in [3.05, 3.63) is 24.3 Å². The number of nitrogens with one attached hydrogen (secondary N) is 1. The Labute approximate surface area is 124 Å². The van der Waals surface area contributed by atoms with Crippen molar-refractivity contribution in [1.29, 1.82) is 0 Å². The molecule has 0 saturated heterocycles. The van der Waals surface area contributed by atoms with Crippen molar-refractivity contribution in [2.75, 3.05) is 31.7 Å². The second-order valence-corrected chi connectivity index (χ2v) is 6.24. The number of carbonyl (C=O) groups is 1. The van der Waals surface area contributed by atoms with E-state index in [1.54, 1.807) is 24.3 Å². The summed E-state index contributed by atoms with van der Waals surface area (Å²) in [6.45, 7) is 0.366. The quantitative estimate of drug-likeness (QED) is 0.391. The van der Waals surface area contributed by atoms with E-state index < -0.39 is 16.0 Å². The van der Waals surface area contributed by atoms with Crippen molar-refractivity contribution < 1.29 is 22.7 Å². The number of nitrogens with two attached hydrogens (primary N) is 1. The number of hydrogen-bond donors (Lipinski definition) is 2. The molecule has 0 spiro atoms. The van der Waals surface area contributed by atoms with Gasteiger partial charge in [0.1, 0.15) is 12.4 Å². The normalized spacial score (nSPS) is 11.1. The SMILES string of the molecule is COC(=O)CCCS(=O)(=O)NCCOc1ccc(N)cc1. The molecule has 0 unspecified atom stereocenters. The molecule has 0 aliphatic rings. The van der Waals surface area contributed by atoms with Crippen molar-refractivity contribution in [2.45, 2.75) is 12.8 Å². The molecule has 0 bridgehead atoms. The number of ether oxygens (including phenoxy) is 2. The van der Waals surface area contributed by atoms with Gasteiger partial charge in [-0.3, -0.25) is 4.79 Å². The highest BCUT2D eigenvalue weighted by Crippen LogP contribution is 2.12. The highest BCUT2D eigenvalue weighted by molar-refractivity contribution is 7.89. The smallest absolute Gasteiger partial charge is 0.305 e. The van der Waals surface area contributed by atoms with E-state index in [0.717, 1.165) is 0 Å². The maximum atomic E-state index is 11.6. The van der Waals surface area contributed by atoms with Crippen LogP contribution in [0, 0.1) is 0 Å². The number of anilines is 1. The largest absolute Gasteiger partial charge is 0.492 e. The third kappa shape index (κ3) is 7.52. The molecule has 7 nitrogen and oxygen atoms in total. The summed E-state index contributed by atoms with van der Waals surface area (Å²) in [5.74, 6) is 0.0789. The molecule has 0 aliphatic heterocycles. The van der Waals surface area contributed by atoms with Crippen LogP contribution in [-0.4, -0.2) is 40.4 Å². The van der Waals surface area contributed by atoms with Crippen molar-refractivity contribution in [2.24, 2.45) is 0 Å². The van der Waals surface area contributed by atoms with E-state index in [2.05, 4.69) is 9.46 Å². The van der Waals surface area contributed by atoms with E-state index in [0.29, 0.717) is 11.4 Å². The molecular weight excluding hydrogens is 296 g/mol. The maximum absolute atomic E-state index is 11.6. The van der Waals surface area contributed by atoms with Crippen LogP contribution in [0.5, 0.6) is 5.75 Å². The molecule has 0 heterocycles. The minimum atomic E-state index is -3.40. The molecule has 1 rings (SSSR count). The van der Waals surface area contributed by atoms with Gasteiger partial charge in [0.15, 0.2) is 0 Å². The van der Waals surface area contributed by atoms with Gasteiger partial charge in [0.25, 0.3) is 0 Å². The summed E-state index contributed by atoms with van der Waals surface area (Å²) in [6.07, 6.45) is 0.306. The van der Waals surface area contributed by atoms with Crippen LogP contribution in [0.15, 0.2) is 24.3 Å². The number of benzene rings is 1. The monoisotopic (exact) mass is 316 g/mol. The summed E-state index contributed by atoms with van der Waals surface area (Å²) < 4.78 is 35.4. The molecule has 118 valence electrons. The molecule has 0 amide bonds. The Balaban J connectivity index is 2.21. The predicted octanol–water partition coefficient (Wildman–Crippen LogP) is 0.520. The molecular formula is C13H20N2O5S. The third-order valence-electron chi connectivity index (χ3n) is 2.59. The Hall–Kier alpha value is -1.80. The minimum Gasteiger partial charge on any atom is -0.492 e. The third-order valence-corrected chi connectivity index (χ3v) is 4.06. The van der Waals surface area contributed by atoms with E-state index in [9.17, 15) is 13.2 Å². The van der Waals surface area contributed by atoms with Gasteiger partial charge in [0.05, 0.1) is 12.9 Å². The number of methoxy groups -OCH3 is 1. The van der Waals surface area contributed by atoms with Crippen molar-refractivity contribution in [1.82, 2.24) is 4.72 Å². The summed E-state index contributed by atoms with van der Waals surface area (Å²) in [7, 11) is -2.14. The van der Waals surface area contributed by atoms with E-state index in [4.69, 9.17) is 10.5 Å². The Morgan fingerprint density at radius 3 is 2.57 bits per heavy atom. The van der Waals surface area contributed by atoms with Gasteiger partial charge < -0.3 is 15.2 Å². The number of esters is 1. The first kappa shape index (κ1) is 17.3. The zero-order valence-electron chi connectivity index (χ0n) is 11.9. The molecule has 0 saturated carbocycles. The van der Waals surface area contributed by atoms with E-state index in [1.165, 1.54) is 7.11 Å². The average Bonchev–Trinajstić information content (AvgIpc) is 2.45. The Bertz CT molecular complexity index is 542. The Morgan fingerprint density at radius 2 is 1.95 bits per heavy atom. The molecule has 3 N–H and O–H groups in total. The lowest BCUT2D eigenvalue weighted by atomic mass is 10.3. The molecule has 0 aliphatic carbocycles. The Morgan fingerprint density at radius 1 is 1.29 bits per heavy atom. The summed E-state index contributed by atoms with van der Waals surface area (Å²) in [6, 6.07) is 6.82. The highest BCUT2D eigenvalue weighted by atomic mass is 32.2. The predicted molar refractivity (Wildman–Crippen MR) is 79.4 cm³/mol. The summed E-state index contributed by atoms with van der Waals surface area (Å²) in [5.41, 5.74) is 6.17. The van der Waals surface area contributed by atoms with Crippen LogP contribution in [0.25, 0.3) is 0 Å². The first-order valence-corrected chi connectivity index (χ1v) is 8.10. The van der Waals surface area contributed by atoms with Crippen LogP contribution in [0.4, 0.5) is 5.69 Å². The zero-order chi connectivity index (χ0) is 15.7. The van der Waals surface area contributed by atoms with Gasteiger partial charge in [-0.25, -0.2) is 13.1 Å². The summed E-state index contributed by atoms with van der Waals surface area (Å²) in [4.78, 5) is 10.9. The minimum absolute atomic E-state index is 0.0827. The fourth-order valence-corrected chi connectivity index (χ4v) is 2.57. The fourth-order valence-electron chi connectivity index (χ4n) is 1.51. The molecule has 0 radical (unpaired) electrons. The van der Waals surface area contributed by atoms with Gasteiger partial charge in [-0.2, -0.15) is 0 Å². The van der Waals surface area contributed by atoms with Gasteiger partial charge in [-0.1, -0.05) is 0 Å². The van der Waals surface area contributed by atoms with Gasteiger partial charge in [0, 0.05) is 18.7 Å². The molecule has 1 aromatic carbocycles. The molecule has 21 heavy (non-hydrogen) atoms. The van der Waals surface area contributed by atoms with Crippen LogP contribution >= 0.6 is 0 Å². The van der Waals surface area contributed by atoms with E-state index in [-0.39, 0.29) is 31.7 Å². The Kier molecular flexibility index (Phi) is 6.97. The van der Waals surface area contributed by atoms with Gasteiger partial charge in [0.2, 0.25) is 10.0 Å². The maximum Gasteiger partial charge on any atom is 0.305 e.